The maximum absolute atomic E-state index is 4.32. The van der Waals surface area contributed by atoms with Gasteiger partial charge in [-0.15, -0.1) is 11.3 Å². The molecule has 0 spiro atoms. The Morgan fingerprint density at radius 3 is 2.71 bits per heavy atom. The van der Waals surface area contributed by atoms with Gasteiger partial charge >= 0.3 is 0 Å². The summed E-state index contributed by atoms with van der Waals surface area (Å²) in [5.41, 5.74) is 3.67. The van der Waals surface area contributed by atoms with E-state index in [2.05, 4.69) is 39.8 Å². The molecule has 1 fully saturated rings. The van der Waals surface area contributed by atoms with Crippen molar-refractivity contribution in [2.75, 3.05) is 18.9 Å². The topological polar surface area (TPSA) is 16.1 Å². The summed E-state index contributed by atoms with van der Waals surface area (Å²) in [6, 6.07) is 0. The predicted octanol–water partition coefficient (Wildman–Crippen LogP) is 3.84. The molecule has 0 unspecified atom stereocenters. The standard InChI is InChI=1S/C13H21BrN2S/c1-11-12(17-10-15-11)7-16(2)9-13(8-14)5-3-4-6-13/h10H,3-9H2,1-2H3. The molecule has 0 saturated heterocycles. The number of alkyl halides is 1. The van der Waals surface area contributed by atoms with Crippen LogP contribution in [-0.4, -0.2) is 28.8 Å². The van der Waals surface area contributed by atoms with Crippen LogP contribution in [0.3, 0.4) is 0 Å². The van der Waals surface area contributed by atoms with Crippen molar-refractivity contribution in [3.63, 3.8) is 0 Å². The molecule has 0 bridgehead atoms. The fourth-order valence-electron chi connectivity index (χ4n) is 2.81. The molecule has 0 aromatic carbocycles. The van der Waals surface area contributed by atoms with Crippen molar-refractivity contribution < 1.29 is 0 Å². The van der Waals surface area contributed by atoms with Crippen LogP contribution in [-0.2, 0) is 6.54 Å². The lowest BCUT2D eigenvalue weighted by Crippen LogP contribution is -2.34. The highest BCUT2D eigenvalue weighted by molar-refractivity contribution is 9.09. The molecule has 1 aliphatic rings. The Kier molecular flexibility index (Phi) is 4.61. The van der Waals surface area contributed by atoms with Gasteiger partial charge in [-0.2, -0.15) is 0 Å². The smallest absolute Gasteiger partial charge is 0.0798 e. The van der Waals surface area contributed by atoms with Gasteiger partial charge in [0.05, 0.1) is 11.2 Å². The van der Waals surface area contributed by atoms with Gasteiger partial charge in [0.15, 0.2) is 0 Å². The van der Waals surface area contributed by atoms with Crippen molar-refractivity contribution in [2.45, 2.75) is 39.2 Å². The van der Waals surface area contributed by atoms with Crippen LogP contribution < -0.4 is 0 Å². The summed E-state index contributed by atoms with van der Waals surface area (Å²) in [7, 11) is 2.24. The lowest BCUT2D eigenvalue weighted by Gasteiger charge is -2.31. The zero-order valence-corrected chi connectivity index (χ0v) is 13.1. The summed E-state index contributed by atoms with van der Waals surface area (Å²) in [5.74, 6) is 0. The number of nitrogens with zero attached hydrogens (tertiary/aromatic N) is 2. The van der Waals surface area contributed by atoms with Crippen LogP contribution >= 0.6 is 27.3 Å². The minimum atomic E-state index is 0.521. The van der Waals surface area contributed by atoms with Crippen molar-refractivity contribution in [1.82, 2.24) is 9.88 Å². The second-order valence-corrected chi connectivity index (χ2v) is 6.87. The van der Waals surface area contributed by atoms with Crippen LogP contribution in [0.15, 0.2) is 5.51 Å². The molecule has 4 heteroatoms. The fourth-order valence-corrected chi connectivity index (χ4v) is 4.40. The summed E-state index contributed by atoms with van der Waals surface area (Å²) in [6.45, 7) is 4.36. The quantitative estimate of drug-likeness (QED) is 0.767. The number of thiazole rings is 1. The molecular weight excluding hydrogens is 296 g/mol. The van der Waals surface area contributed by atoms with Crippen LogP contribution in [0.1, 0.15) is 36.3 Å². The van der Waals surface area contributed by atoms with E-state index in [1.54, 1.807) is 11.3 Å². The Labute approximate surface area is 117 Å². The molecule has 0 amide bonds. The minimum absolute atomic E-state index is 0.521. The van der Waals surface area contributed by atoms with Gasteiger partial charge in [0, 0.05) is 23.3 Å². The van der Waals surface area contributed by atoms with E-state index < -0.39 is 0 Å². The zero-order valence-electron chi connectivity index (χ0n) is 10.7. The third kappa shape index (κ3) is 3.30. The van der Waals surface area contributed by atoms with Gasteiger partial charge < -0.3 is 4.90 Å². The second-order valence-electron chi connectivity index (χ2n) is 5.37. The van der Waals surface area contributed by atoms with Crippen LogP contribution in [0.4, 0.5) is 0 Å². The molecule has 17 heavy (non-hydrogen) atoms. The monoisotopic (exact) mass is 316 g/mol. The third-order valence-corrected chi connectivity index (χ3v) is 5.92. The first-order valence-electron chi connectivity index (χ1n) is 6.29. The summed E-state index contributed by atoms with van der Waals surface area (Å²) < 4.78 is 0. The van der Waals surface area contributed by atoms with Crippen LogP contribution in [0.2, 0.25) is 0 Å². The normalized spacial score (nSPS) is 19.1. The van der Waals surface area contributed by atoms with E-state index in [1.807, 2.05) is 5.51 Å². The molecule has 1 aromatic rings. The molecule has 0 radical (unpaired) electrons. The first-order valence-corrected chi connectivity index (χ1v) is 8.29. The summed E-state index contributed by atoms with van der Waals surface area (Å²) in [6.07, 6.45) is 5.56. The third-order valence-electron chi connectivity index (χ3n) is 3.81. The first kappa shape index (κ1) is 13.5. The van der Waals surface area contributed by atoms with Crippen LogP contribution in [0.25, 0.3) is 0 Å². The van der Waals surface area contributed by atoms with E-state index >= 15 is 0 Å². The van der Waals surface area contributed by atoms with E-state index in [9.17, 15) is 0 Å². The molecule has 0 N–H and O–H groups in total. The Balaban J connectivity index is 1.92. The van der Waals surface area contributed by atoms with Gasteiger partial charge in [0.1, 0.15) is 0 Å². The van der Waals surface area contributed by atoms with Crippen molar-refractivity contribution >= 4 is 27.3 Å². The van der Waals surface area contributed by atoms with Gasteiger partial charge in [-0.25, -0.2) is 4.98 Å². The lowest BCUT2D eigenvalue weighted by atomic mass is 9.88. The molecule has 1 saturated carbocycles. The second kappa shape index (κ2) is 5.81. The van der Waals surface area contributed by atoms with E-state index in [4.69, 9.17) is 0 Å². The first-order chi connectivity index (χ1) is 8.15. The van der Waals surface area contributed by atoms with E-state index in [0.29, 0.717) is 5.41 Å². The molecule has 1 aliphatic carbocycles. The van der Waals surface area contributed by atoms with Gasteiger partial charge in [-0.1, -0.05) is 28.8 Å². The number of hydrogen-bond acceptors (Lipinski definition) is 3. The highest BCUT2D eigenvalue weighted by atomic mass is 79.9. The van der Waals surface area contributed by atoms with E-state index in [1.165, 1.54) is 42.8 Å². The maximum Gasteiger partial charge on any atom is 0.0798 e. The summed E-state index contributed by atoms with van der Waals surface area (Å²) in [4.78, 5) is 8.20. The highest BCUT2D eigenvalue weighted by Gasteiger charge is 2.33. The van der Waals surface area contributed by atoms with Gasteiger partial charge in [0.25, 0.3) is 0 Å². The van der Waals surface area contributed by atoms with Gasteiger partial charge in [-0.05, 0) is 32.2 Å². The average Bonchev–Trinajstić information content (AvgIpc) is 2.90. The lowest BCUT2D eigenvalue weighted by molar-refractivity contribution is 0.197. The molecule has 96 valence electrons. The number of halogens is 1. The molecule has 1 aromatic heterocycles. The molecule has 2 nitrogen and oxygen atoms in total. The van der Waals surface area contributed by atoms with Crippen molar-refractivity contribution in [1.29, 1.82) is 0 Å². The average molecular weight is 317 g/mol. The highest BCUT2D eigenvalue weighted by Crippen LogP contribution is 2.40. The Morgan fingerprint density at radius 2 is 2.18 bits per heavy atom. The number of rotatable bonds is 5. The van der Waals surface area contributed by atoms with Crippen molar-refractivity contribution in [3.05, 3.63) is 16.1 Å². The fraction of sp³-hybridized carbons (Fsp3) is 0.769. The SMILES string of the molecule is Cc1ncsc1CN(C)CC1(CBr)CCCC1. The van der Waals surface area contributed by atoms with E-state index in [0.717, 1.165) is 11.9 Å². The largest absolute Gasteiger partial charge is 0.301 e. The minimum Gasteiger partial charge on any atom is -0.301 e. The predicted molar refractivity (Wildman–Crippen MR) is 77.9 cm³/mol. The van der Waals surface area contributed by atoms with Crippen LogP contribution in [0, 0.1) is 12.3 Å². The van der Waals surface area contributed by atoms with Crippen LogP contribution in [0.5, 0.6) is 0 Å². The van der Waals surface area contributed by atoms with Gasteiger partial charge in [0.2, 0.25) is 0 Å². The summed E-state index contributed by atoms with van der Waals surface area (Å²) in [5, 5.41) is 1.14. The Bertz CT molecular complexity index is 358. The van der Waals surface area contributed by atoms with E-state index in [-0.39, 0.29) is 0 Å². The summed E-state index contributed by atoms with van der Waals surface area (Å²) >= 11 is 5.50. The molecule has 0 atom stereocenters. The number of aromatic nitrogens is 1. The van der Waals surface area contributed by atoms with Gasteiger partial charge in [-0.3, -0.25) is 0 Å². The Hall–Kier alpha value is 0.0700. The molecule has 2 rings (SSSR count). The van der Waals surface area contributed by atoms with Crippen molar-refractivity contribution in [3.8, 4) is 0 Å². The maximum atomic E-state index is 4.32. The molecule has 1 heterocycles. The molecule has 0 aliphatic heterocycles. The van der Waals surface area contributed by atoms with Crippen molar-refractivity contribution in [2.24, 2.45) is 5.41 Å². The molecular formula is C13H21BrN2S. The number of hydrogen-bond donors (Lipinski definition) is 0. The zero-order chi connectivity index (χ0) is 12.3. The number of aryl methyl sites for hydroxylation is 1. The Morgan fingerprint density at radius 1 is 1.47 bits per heavy atom.